The van der Waals surface area contributed by atoms with Gasteiger partial charge in [0.25, 0.3) is 5.91 Å². The summed E-state index contributed by atoms with van der Waals surface area (Å²) in [4.78, 5) is 23.9. The number of ether oxygens (including phenoxy) is 2. The summed E-state index contributed by atoms with van der Waals surface area (Å²) in [5.41, 5.74) is 3.60. The molecule has 1 fully saturated rings. The Balaban J connectivity index is 1.76. The molecule has 0 aliphatic carbocycles. The number of nitrogens with one attached hydrogen (secondary N) is 1. The van der Waals surface area contributed by atoms with Gasteiger partial charge in [0.05, 0.1) is 25.8 Å². The zero-order valence-electron chi connectivity index (χ0n) is 13.7. The molecule has 0 aromatic heterocycles. The first-order valence-electron chi connectivity index (χ1n) is 7.76. The van der Waals surface area contributed by atoms with Crippen molar-refractivity contribution in [2.45, 2.75) is 13.0 Å². The SMILES string of the molecule is COc1cc(-c2ccc(C)cc2)ccc1C(=O)NCC(=O)C1CO1. The van der Waals surface area contributed by atoms with E-state index in [9.17, 15) is 9.59 Å². The van der Waals surface area contributed by atoms with Crippen LogP contribution in [0.2, 0.25) is 0 Å². The van der Waals surface area contributed by atoms with Crippen LogP contribution in [-0.2, 0) is 9.53 Å². The number of aryl methyl sites for hydroxylation is 1. The molecule has 1 aliphatic heterocycles. The van der Waals surface area contributed by atoms with Crippen molar-refractivity contribution in [1.29, 1.82) is 0 Å². The standard InChI is InChI=1S/C19H19NO4/c1-12-3-5-13(6-4-12)14-7-8-15(17(9-14)23-2)19(22)20-10-16(21)18-11-24-18/h3-9,18H,10-11H2,1-2H3,(H,20,22). The summed E-state index contributed by atoms with van der Waals surface area (Å²) in [7, 11) is 1.52. The molecule has 0 radical (unpaired) electrons. The van der Waals surface area contributed by atoms with E-state index in [4.69, 9.17) is 9.47 Å². The molecular formula is C19H19NO4. The van der Waals surface area contributed by atoms with Gasteiger partial charge in [-0.3, -0.25) is 9.59 Å². The lowest BCUT2D eigenvalue weighted by Crippen LogP contribution is -2.31. The molecule has 0 bridgehead atoms. The molecule has 1 N–H and O–H groups in total. The van der Waals surface area contributed by atoms with E-state index in [1.54, 1.807) is 6.07 Å². The topological polar surface area (TPSA) is 67.9 Å². The highest BCUT2D eigenvalue weighted by molar-refractivity contribution is 6.00. The highest BCUT2D eigenvalue weighted by atomic mass is 16.6. The van der Waals surface area contributed by atoms with Gasteiger partial charge >= 0.3 is 0 Å². The Kier molecular flexibility index (Phi) is 4.62. The number of epoxide rings is 1. The molecule has 5 heteroatoms. The van der Waals surface area contributed by atoms with E-state index >= 15 is 0 Å². The normalized spacial score (nSPS) is 15.7. The molecule has 0 saturated carbocycles. The number of ketones is 1. The molecule has 24 heavy (non-hydrogen) atoms. The van der Waals surface area contributed by atoms with Crippen LogP contribution < -0.4 is 10.1 Å². The second kappa shape index (κ2) is 6.84. The maximum Gasteiger partial charge on any atom is 0.255 e. The molecule has 2 aromatic carbocycles. The van der Waals surface area contributed by atoms with E-state index in [1.165, 1.54) is 12.7 Å². The molecular weight excluding hydrogens is 306 g/mol. The number of amides is 1. The molecule has 1 atom stereocenters. The summed E-state index contributed by atoms with van der Waals surface area (Å²) >= 11 is 0. The van der Waals surface area contributed by atoms with Crippen LogP contribution in [0.4, 0.5) is 0 Å². The van der Waals surface area contributed by atoms with E-state index in [-0.39, 0.29) is 24.3 Å². The molecule has 2 aromatic rings. The van der Waals surface area contributed by atoms with Crippen LogP contribution in [0.5, 0.6) is 5.75 Å². The average Bonchev–Trinajstić information content (AvgIpc) is 3.44. The van der Waals surface area contributed by atoms with Crippen LogP contribution in [0.15, 0.2) is 42.5 Å². The van der Waals surface area contributed by atoms with Gasteiger partial charge in [-0.15, -0.1) is 0 Å². The molecule has 124 valence electrons. The van der Waals surface area contributed by atoms with E-state index in [2.05, 4.69) is 5.32 Å². The molecule has 1 saturated heterocycles. The van der Waals surface area contributed by atoms with Crippen molar-refractivity contribution in [3.8, 4) is 16.9 Å². The summed E-state index contributed by atoms with van der Waals surface area (Å²) < 4.78 is 10.2. The zero-order chi connectivity index (χ0) is 17.1. The Morgan fingerprint density at radius 2 is 1.83 bits per heavy atom. The van der Waals surface area contributed by atoms with Crippen molar-refractivity contribution in [3.05, 3.63) is 53.6 Å². The molecule has 1 heterocycles. The second-order valence-electron chi connectivity index (χ2n) is 5.75. The molecule has 5 nitrogen and oxygen atoms in total. The minimum Gasteiger partial charge on any atom is -0.496 e. The minimum absolute atomic E-state index is 0.0353. The molecule has 1 unspecified atom stereocenters. The number of methoxy groups -OCH3 is 1. The lowest BCUT2D eigenvalue weighted by molar-refractivity contribution is -0.119. The molecule has 1 amide bonds. The highest BCUT2D eigenvalue weighted by Crippen LogP contribution is 2.27. The smallest absolute Gasteiger partial charge is 0.255 e. The zero-order valence-corrected chi connectivity index (χ0v) is 13.7. The van der Waals surface area contributed by atoms with Gasteiger partial charge in [-0.1, -0.05) is 35.9 Å². The van der Waals surface area contributed by atoms with Gasteiger partial charge < -0.3 is 14.8 Å². The number of hydrogen-bond donors (Lipinski definition) is 1. The Labute approximate surface area is 140 Å². The Hall–Kier alpha value is -2.66. The van der Waals surface area contributed by atoms with Crippen LogP contribution in [-0.4, -0.2) is 38.1 Å². The van der Waals surface area contributed by atoms with Gasteiger partial charge in [-0.2, -0.15) is 0 Å². The fraction of sp³-hybridized carbons (Fsp3) is 0.263. The van der Waals surface area contributed by atoms with E-state index in [0.29, 0.717) is 17.9 Å². The number of hydrogen-bond acceptors (Lipinski definition) is 4. The van der Waals surface area contributed by atoms with Gasteiger partial charge in [0, 0.05) is 0 Å². The van der Waals surface area contributed by atoms with Crippen LogP contribution in [0.25, 0.3) is 11.1 Å². The van der Waals surface area contributed by atoms with Crippen LogP contribution >= 0.6 is 0 Å². The summed E-state index contributed by atoms with van der Waals surface area (Å²) in [5, 5.41) is 2.61. The van der Waals surface area contributed by atoms with E-state index in [1.807, 2.05) is 43.3 Å². The van der Waals surface area contributed by atoms with Crippen molar-refractivity contribution in [1.82, 2.24) is 5.32 Å². The highest BCUT2D eigenvalue weighted by Gasteiger charge is 2.31. The Morgan fingerprint density at radius 3 is 2.46 bits per heavy atom. The maximum atomic E-state index is 12.3. The number of carbonyl (C=O) groups excluding carboxylic acids is 2. The third kappa shape index (κ3) is 3.63. The predicted octanol–water partition coefficient (Wildman–Crippen LogP) is 2.37. The molecule has 1 aliphatic rings. The van der Waals surface area contributed by atoms with E-state index < -0.39 is 0 Å². The van der Waals surface area contributed by atoms with Gasteiger partial charge in [0.2, 0.25) is 0 Å². The number of Topliss-reactive ketones (excluding diaryl/α,β-unsaturated/α-hetero) is 1. The lowest BCUT2D eigenvalue weighted by Gasteiger charge is -2.11. The summed E-state index contributed by atoms with van der Waals surface area (Å²) in [5.74, 6) is 0.0237. The van der Waals surface area contributed by atoms with E-state index in [0.717, 1.165) is 11.1 Å². The van der Waals surface area contributed by atoms with Crippen molar-refractivity contribution in [2.24, 2.45) is 0 Å². The van der Waals surface area contributed by atoms with Gasteiger partial charge in [-0.05, 0) is 30.2 Å². The summed E-state index contributed by atoms with van der Waals surface area (Å²) in [6.45, 7) is 2.45. The predicted molar refractivity (Wildman–Crippen MR) is 90.2 cm³/mol. The van der Waals surface area contributed by atoms with Crippen LogP contribution in [0.1, 0.15) is 15.9 Å². The number of carbonyl (C=O) groups is 2. The van der Waals surface area contributed by atoms with Crippen LogP contribution in [0.3, 0.4) is 0 Å². The monoisotopic (exact) mass is 325 g/mol. The largest absolute Gasteiger partial charge is 0.496 e. The van der Waals surface area contributed by atoms with Crippen LogP contribution in [0, 0.1) is 6.92 Å². The Morgan fingerprint density at radius 1 is 1.17 bits per heavy atom. The van der Waals surface area contributed by atoms with Crippen molar-refractivity contribution >= 4 is 11.7 Å². The molecule has 0 spiro atoms. The lowest BCUT2D eigenvalue weighted by atomic mass is 10.0. The average molecular weight is 325 g/mol. The van der Waals surface area contributed by atoms with Gasteiger partial charge in [0.15, 0.2) is 5.78 Å². The first-order valence-corrected chi connectivity index (χ1v) is 7.76. The van der Waals surface area contributed by atoms with Crippen molar-refractivity contribution < 1.29 is 19.1 Å². The fourth-order valence-corrected chi connectivity index (χ4v) is 2.41. The number of rotatable bonds is 6. The molecule has 3 rings (SSSR count). The second-order valence-corrected chi connectivity index (χ2v) is 5.75. The first kappa shape index (κ1) is 16.2. The fourth-order valence-electron chi connectivity index (χ4n) is 2.41. The minimum atomic E-state index is -0.351. The number of benzene rings is 2. The first-order chi connectivity index (χ1) is 11.6. The van der Waals surface area contributed by atoms with Crippen molar-refractivity contribution in [3.63, 3.8) is 0 Å². The third-order valence-corrected chi connectivity index (χ3v) is 3.95. The van der Waals surface area contributed by atoms with Crippen molar-refractivity contribution in [2.75, 3.05) is 20.3 Å². The quantitative estimate of drug-likeness (QED) is 0.828. The Bertz CT molecular complexity index is 763. The maximum absolute atomic E-state index is 12.3. The van der Waals surface area contributed by atoms with Gasteiger partial charge in [0.1, 0.15) is 11.9 Å². The third-order valence-electron chi connectivity index (χ3n) is 3.95. The summed E-state index contributed by atoms with van der Waals surface area (Å²) in [6.07, 6.45) is -0.351. The summed E-state index contributed by atoms with van der Waals surface area (Å²) in [6, 6.07) is 13.5. The van der Waals surface area contributed by atoms with Gasteiger partial charge in [-0.25, -0.2) is 0 Å².